The van der Waals surface area contributed by atoms with Crippen molar-refractivity contribution in [2.24, 2.45) is 11.8 Å². The van der Waals surface area contributed by atoms with Gasteiger partial charge in [-0.3, -0.25) is 9.59 Å². The predicted molar refractivity (Wildman–Crippen MR) is 90.0 cm³/mol. The number of nitrogens with one attached hydrogen (secondary N) is 1. The lowest BCUT2D eigenvalue weighted by molar-refractivity contribution is -0.123. The zero-order chi connectivity index (χ0) is 16.2. The smallest absolute Gasteiger partial charge is 0.253 e. The molecule has 1 aliphatic carbocycles. The fourth-order valence-corrected chi connectivity index (χ4v) is 3.51. The molecular formula is C19H26N2O2. The molecule has 2 aliphatic rings. The SMILES string of the molecule is CCC1CN(C(=O)c2ccccc2)CCC1CC(=O)NC1CC1. The van der Waals surface area contributed by atoms with Gasteiger partial charge in [0.15, 0.2) is 0 Å². The number of benzene rings is 1. The van der Waals surface area contributed by atoms with Crippen molar-refractivity contribution in [3.05, 3.63) is 35.9 Å². The van der Waals surface area contributed by atoms with Gasteiger partial charge in [-0.1, -0.05) is 31.5 Å². The molecule has 0 aromatic heterocycles. The van der Waals surface area contributed by atoms with E-state index in [4.69, 9.17) is 0 Å². The summed E-state index contributed by atoms with van der Waals surface area (Å²) < 4.78 is 0. The van der Waals surface area contributed by atoms with Gasteiger partial charge in [0.1, 0.15) is 0 Å². The van der Waals surface area contributed by atoms with Crippen molar-refractivity contribution in [3.8, 4) is 0 Å². The summed E-state index contributed by atoms with van der Waals surface area (Å²) in [5, 5.41) is 3.09. The Morgan fingerprint density at radius 1 is 1.13 bits per heavy atom. The van der Waals surface area contributed by atoms with Gasteiger partial charge in [-0.2, -0.15) is 0 Å². The zero-order valence-electron chi connectivity index (χ0n) is 13.8. The van der Waals surface area contributed by atoms with E-state index < -0.39 is 0 Å². The summed E-state index contributed by atoms with van der Waals surface area (Å²) >= 11 is 0. The highest BCUT2D eigenvalue weighted by Crippen LogP contribution is 2.30. The van der Waals surface area contributed by atoms with Gasteiger partial charge >= 0.3 is 0 Å². The van der Waals surface area contributed by atoms with Crippen molar-refractivity contribution in [1.29, 1.82) is 0 Å². The molecule has 2 fully saturated rings. The molecule has 1 saturated carbocycles. The molecule has 1 aliphatic heterocycles. The topological polar surface area (TPSA) is 49.4 Å². The van der Waals surface area contributed by atoms with Crippen LogP contribution in [0.5, 0.6) is 0 Å². The van der Waals surface area contributed by atoms with E-state index in [1.54, 1.807) is 0 Å². The fourth-order valence-electron chi connectivity index (χ4n) is 3.51. The minimum absolute atomic E-state index is 0.116. The maximum absolute atomic E-state index is 12.6. The van der Waals surface area contributed by atoms with Crippen molar-refractivity contribution in [1.82, 2.24) is 10.2 Å². The van der Waals surface area contributed by atoms with Crippen LogP contribution in [-0.2, 0) is 4.79 Å². The van der Waals surface area contributed by atoms with Gasteiger partial charge < -0.3 is 10.2 Å². The maximum Gasteiger partial charge on any atom is 0.253 e. The summed E-state index contributed by atoms with van der Waals surface area (Å²) in [4.78, 5) is 26.6. The number of carbonyl (C=O) groups excluding carboxylic acids is 2. The number of hydrogen-bond donors (Lipinski definition) is 1. The van der Waals surface area contributed by atoms with E-state index in [1.807, 2.05) is 35.2 Å². The molecule has 4 nitrogen and oxygen atoms in total. The largest absolute Gasteiger partial charge is 0.353 e. The van der Waals surface area contributed by atoms with Crippen molar-refractivity contribution in [2.75, 3.05) is 13.1 Å². The number of rotatable bonds is 5. The van der Waals surface area contributed by atoms with Gasteiger partial charge in [0.2, 0.25) is 5.91 Å². The van der Waals surface area contributed by atoms with Crippen LogP contribution in [0.4, 0.5) is 0 Å². The molecule has 0 spiro atoms. The van der Waals surface area contributed by atoms with E-state index in [0.29, 0.717) is 24.3 Å². The van der Waals surface area contributed by atoms with Crippen LogP contribution in [0.3, 0.4) is 0 Å². The van der Waals surface area contributed by atoms with E-state index in [9.17, 15) is 9.59 Å². The Balaban J connectivity index is 1.57. The standard InChI is InChI=1S/C19H26N2O2/c1-2-14-13-21(19(23)15-6-4-3-5-7-15)11-10-16(14)12-18(22)20-17-8-9-17/h3-7,14,16-17H,2,8-13H2,1H3,(H,20,22). The third-order valence-electron chi connectivity index (χ3n) is 5.11. The average molecular weight is 314 g/mol. The number of amides is 2. The summed E-state index contributed by atoms with van der Waals surface area (Å²) in [5.41, 5.74) is 0.757. The Morgan fingerprint density at radius 2 is 1.87 bits per heavy atom. The molecule has 1 aromatic rings. The summed E-state index contributed by atoms with van der Waals surface area (Å²) in [6.07, 6.45) is 4.82. The van der Waals surface area contributed by atoms with Crippen molar-refractivity contribution in [2.45, 2.75) is 45.1 Å². The Hall–Kier alpha value is -1.84. The quantitative estimate of drug-likeness (QED) is 0.908. The summed E-state index contributed by atoms with van der Waals surface area (Å²) in [6.45, 7) is 3.68. The molecule has 1 aromatic carbocycles. The number of hydrogen-bond acceptors (Lipinski definition) is 2. The first-order valence-corrected chi connectivity index (χ1v) is 8.81. The first-order valence-electron chi connectivity index (χ1n) is 8.81. The predicted octanol–water partition coefficient (Wildman–Crippen LogP) is 2.84. The van der Waals surface area contributed by atoms with Gasteiger partial charge in [0.25, 0.3) is 5.91 Å². The molecule has 1 N–H and O–H groups in total. The summed E-state index contributed by atoms with van der Waals surface area (Å²) in [6, 6.07) is 9.91. The van der Waals surface area contributed by atoms with Gasteiger partial charge in [-0.05, 0) is 43.2 Å². The number of carbonyl (C=O) groups is 2. The van der Waals surface area contributed by atoms with Crippen LogP contribution < -0.4 is 5.32 Å². The Kier molecular flexibility index (Phi) is 4.99. The third kappa shape index (κ3) is 4.12. The van der Waals surface area contributed by atoms with E-state index in [0.717, 1.165) is 44.3 Å². The number of piperidine rings is 1. The Labute approximate surface area is 138 Å². The first kappa shape index (κ1) is 16.0. The molecule has 0 radical (unpaired) electrons. The molecule has 3 rings (SSSR count). The summed E-state index contributed by atoms with van der Waals surface area (Å²) in [5.74, 6) is 1.13. The second-order valence-corrected chi connectivity index (χ2v) is 6.88. The lowest BCUT2D eigenvalue weighted by Gasteiger charge is -2.38. The van der Waals surface area contributed by atoms with E-state index in [1.165, 1.54) is 0 Å². The zero-order valence-corrected chi connectivity index (χ0v) is 13.8. The van der Waals surface area contributed by atoms with Crippen LogP contribution >= 0.6 is 0 Å². The molecule has 23 heavy (non-hydrogen) atoms. The van der Waals surface area contributed by atoms with E-state index >= 15 is 0 Å². The highest BCUT2D eigenvalue weighted by atomic mass is 16.2. The number of likely N-dealkylation sites (tertiary alicyclic amines) is 1. The van der Waals surface area contributed by atoms with Crippen LogP contribution in [0, 0.1) is 11.8 Å². The Morgan fingerprint density at radius 3 is 2.52 bits per heavy atom. The molecule has 2 amide bonds. The molecule has 1 saturated heterocycles. The number of nitrogens with zero attached hydrogens (tertiary/aromatic N) is 1. The van der Waals surface area contributed by atoms with E-state index in [2.05, 4.69) is 12.2 Å². The lowest BCUT2D eigenvalue weighted by atomic mass is 9.81. The first-order chi connectivity index (χ1) is 11.2. The molecular weight excluding hydrogens is 288 g/mol. The fraction of sp³-hybridized carbons (Fsp3) is 0.579. The molecule has 4 heteroatoms. The molecule has 2 atom stereocenters. The maximum atomic E-state index is 12.6. The van der Waals surface area contributed by atoms with Gasteiger partial charge in [0, 0.05) is 31.1 Å². The second-order valence-electron chi connectivity index (χ2n) is 6.88. The summed E-state index contributed by atoms with van der Waals surface area (Å²) in [7, 11) is 0. The van der Waals surface area contributed by atoms with Crippen molar-refractivity contribution in [3.63, 3.8) is 0 Å². The lowest BCUT2D eigenvalue weighted by Crippen LogP contribution is -2.45. The molecule has 0 bridgehead atoms. The highest BCUT2D eigenvalue weighted by Gasteiger charge is 2.33. The van der Waals surface area contributed by atoms with E-state index in [-0.39, 0.29) is 11.8 Å². The average Bonchev–Trinajstić information content (AvgIpc) is 3.39. The van der Waals surface area contributed by atoms with Gasteiger partial charge in [-0.15, -0.1) is 0 Å². The third-order valence-corrected chi connectivity index (χ3v) is 5.11. The minimum Gasteiger partial charge on any atom is -0.353 e. The van der Waals surface area contributed by atoms with Crippen LogP contribution in [0.15, 0.2) is 30.3 Å². The molecule has 2 unspecified atom stereocenters. The Bertz CT molecular complexity index is 554. The van der Waals surface area contributed by atoms with Crippen LogP contribution in [0.1, 0.15) is 49.4 Å². The van der Waals surface area contributed by atoms with Crippen molar-refractivity contribution < 1.29 is 9.59 Å². The normalized spacial score (nSPS) is 24.3. The van der Waals surface area contributed by atoms with Gasteiger partial charge in [-0.25, -0.2) is 0 Å². The van der Waals surface area contributed by atoms with Crippen LogP contribution in [0.25, 0.3) is 0 Å². The monoisotopic (exact) mass is 314 g/mol. The van der Waals surface area contributed by atoms with Gasteiger partial charge in [0.05, 0.1) is 0 Å². The highest BCUT2D eigenvalue weighted by molar-refractivity contribution is 5.94. The minimum atomic E-state index is 0.116. The molecule has 1 heterocycles. The van der Waals surface area contributed by atoms with Crippen molar-refractivity contribution >= 4 is 11.8 Å². The van der Waals surface area contributed by atoms with Crippen LogP contribution in [-0.4, -0.2) is 35.8 Å². The second kappa shape index (κ2) is 7.16. The molecule has 124 valence electrons. The van der Waals surface area contributed by atoms with Crippen LogP contribution in [0.2, 0.25) is 0 Å².